The molecular formula is C12H21N3O. The van der Waals surface area contributed by atoms with Gasteiger partial charge in [-0.2, -0.15) is 0 Å². The molecule has 90 valence electrons. The van der Waals surface area contributed by atoms with Crippen molar-refractivity contribution in [1.29, 1.82) is 0 Å². The van der Waals surface area contributed by atoms with E-state index in [1.807, 2.05) is 13.2 Å². The summed E-state index contributed by atoms with van der Waals surface area (Å²) in [6.45, 7) is 3.27. The van der Waals surface area contributed by atoms with Crippen LogP contribution in [-0.4, -0.2) is 36.6 Å². The maximum atomic E-state index is 5.75. The van der Waals surface area contributed by atoms with Crippen LogP contribution < -0.4 is 5.32 Å². The number of aromatic nitrogens is 1. The molecule has 0 spiro atoms. The van der Waals surface area contributed by atoms with Crippen LogP contribution in [0.1, 0.15) is 37.5 Å². The third-order valence-electron chi connectivity index (χ3n) is 3.51. The number of nitrogens with one attached hydrogen (secondary N) is 1. The van der Waals surface area contributed by atoms with Crippen molar-refractivity contribution in [2.24, 2.45) is 0 Å². The van der Waals surface area contributed by atoms with Gasteiger partial charge in [-0.15, -0.1) is 0 Å². The van der Waals surface area contributed by atoms with Gasteiger partial charge in [0.2, 0.25) is 0 Å². The fourth-order valence-electron chi connectivity index (χ4n) is 2.20. The van der Waals surface area contributed by atoms with Crippen LogP contribution in [0, 0.1) is 0 Å². The summed E-state index contributed by atoms with van der Waals surface area (Å²) < 4.78 is 5.75. The summed E-state index contributed by atoms with van der Waals surface area (Å²) in [7, 11) is 4.11. The molecule has 16 heavy (non-hydrogen) atoms. The Morgan fingerprint density at radius 2 is 2.50 bits per heavy atom. The summed E-state index contributed by atoms with van der Waals surface area (Å²) in [4.78, 5) is 6.74. The Bertz CT molecular complexity index is 337. The minimum absolute atomic E-state index is 0.238. The number of hydrogen-bond donors (Lipinski definition) is 1. The molecule has 1 fully saturated rings. The van der Waals surface area contributed by atoms with Crippen molar-refractivity contribution >= 4 is 0 Å². The van der Waals surface area contributed by atoms with Crippen molar-refractivity contribution < 1.29 is 4.42 Å². The molecule has 2 rings (SSSR count). The van der Waals surface area contributed by atoms with Gasteiger partial charge in [-0.1, -0.05) is 0 Å². The van der Waals surface area contributed by atoms with E-state index in [2.05, 4.69) is 29.2 Å². The lowest BCUT2D eigenvalue weighted by atomic mass is 10.1. The summed E-state index contributed by atoms with van der Waals surface area (Å²) in [6.07, 6.45) is 5.33. The normalized spacial score (nSPS) is 23.8. The van der Waals surface area contributed by atoms with Gasteiger partial charge in [-0.25, -0.2) is 4.98 Å². The molecule has 4 nitrogen and oxygen atoms in total. The van der Waals surface area contributed by atoms with E-state index in [4.69, 9.17) is 4.42 Å². The summed E-state index contributed by atoms with van der Waals surface area (Å²) in [5.74, 6) is 1.80. The smallest absolute Gasteiger partial charge is 0.196 e. The lowest BCUT2D eigenvalue weighted by Gasteiger charge is -2.17. The lowest BCUT2D eigenvalue weighted by Crippen LogP contribution is -2.26. The topological polar surface area (TPSA) is 41.3 Å². The molecule has 1 aliphatic heterocycles. The SMILES string of the molecule is CNC(C)c1cnc(CC2CCCN2C)o1. The van der Waals surface area contributed by atoms with Gasteiger partial charge in [-0.05, 0) is 40.4 Å². The van der Waals surface area contributed by atoms with E-state index in [-0.39, 0.29) is 6.04 Å². The van der Waals surface area contributed by atoms with Crippen molar-refractivity contribution in [2.75, 3.05) is 20.6 Å². The first-order valence-corrected chi connectivity index (χ1v) is 6.03. The number of likely N-dealkylation sites (tertiary alicyclic amines) is 1. The van der Waals surface area contributed by atoms with Crippen LogP contribution in [0.15, 0.2) is 10.6 Å². The molecule has 0 amide bonds. The van der Waals surface area contributed by atoms with Gasteiger partial charge in [0, 0.05) is 12.5 Å². The van der Waals surface area contributed by atoms with E-state index in [9.17, 15) is 0 Å². The summed E-state index contributed by atoms with van der Waals surface area (Å²) >= 11 is 0. The van der Waals surface area contributed by atoms with Gasteiger partial charge < -0.3 is 14.6 Å². The van der Waals surface area contributed by atoms with Crippen LogP contribution in [0.4, 0.5) is 0 Å². The monoisotopic (exact) mass is 223 g/mol. The molecule has 0 bridgehead atoms. The Morgan fingerprint density at radius 3 is 3.12 bits per heavy atom. The number of oxazole rings is 1. The highest BCUT2D eigenvalue weighted by Crippen LogP contribution is 2.20. The molecule has 2 unspecified atom stereocenters. The minimum atomic E-state index is 0.238. The molecule has 0 aromatic carbocycles. The predicted molar refractivity (Wildman–Crippen MR) is 63.3 cm³/mol. The van der Waals surface area contributed by atoms with E-state index < -0.39 is 0 Å². The Labute approximate surface area is 97.0 Å². The molecule has 0 aliphatic carbocycles. The molecule has 2 atom stereocenters. The molecule has 0 radical (unpaired) electrons. The predicted octanol–water partition coefficient (Wildman–Crippen LogP) is 1.59. The maximum Gasteiger partial charge on any atom is 0.196 e. The fraction of sp³-hybridized carbons (Fsp3) is 0.750. The summed E-state index contributed by atoms with van der Waals surface area (Å²) in [6, 6.07) is 0.846. The summed E-state index contributed by atoms with van der Waals surface area (Å²) in [5, 5.41) is 3.15. The Kier molecular flexibility index (Phi) is 3.61. The molecule has 1 saturated heterocycles. The Morgan fingerprint density at radius 1 is 1.69 bits per heavy atom. The van der Waals surface area contributed by atoms with Gasteiger partial charge in [0.15, 0.2) is 5.89 Å². The van der Waals surface area contributed by atoms with Crippen molar-refractivity contribution in [2.45, 2.75) is 38.3 Å². The highest BCUT2D eigenvalue weighted by Gasteiger charge is 2.23. The standard InChI is InChI=1S/C12H21N3O/c1-9(13-2)11-8-14-12(16-11)7-10-5-4-6-15(10)3/h8-10,13H,4-7H2,1-3H3. The fourth-order valence-corrected chi connectivity index (χ4v) is 2.20. The second-order valence-corrected chi connectivity index (χ2v) is 4.65. The van der Waals surface area contributed by atoms with E-state index >= 15 is 0 Å². The molecule has 1 aromatic heterocycles. The first-order valence-electron chi connectivity index (χ1n) is 6.03. The molecule has 4 heteroatoms. The van der Waals surface area contributed by atoms with Gasteiger partial charge >= 0.3 is 0 Å². The van der Waals surface area contributed by atoms with Crippen molar-refractivity contribution in [1.82, 2.24) is 15.2 Å². The zero-order chi connectivity index (χ0) is 11.5. The lowest BCUT2D eigenvalue weighted by molar-refractivity contribution is 0.287. The highest BCUT2D eigenvalue weighted by atomic mass is 16.4. The van der Waals surface area contributed by atoms with Crippen molar-refractivity contribution in [3.05, 3.63) is 17.8 Å². The van der Waals surface area contributed by atoms with E-state index in [0.717, 1.165) is 18.1 Å². The number of rotatable bonds is 4. The average Bonchev–Trinajstić information content (AvgIpc) is 2.89. The zero-order valence-electron chi connectivity index (χ0n) is 10.4. The van der Waals surface area contributed by atoms with Crippen LogP contribution in [0.3, 0.4) is 0 Å². The highest BCUT2D eigenvalue weighted by molar-refractivity contribution is 5.00. The van der Waals surface area contributed by atoms with Crippen molar-refractivity contribution in [3.63, 3.8) is 0 Å². The number of likely N-dealkylation sites (N-methyl/N-ethyl adjacent to an activating group) is 1. The number of hydrogen-bond acceptors (Lipinski definition) is 4. The third kappa shape index (κ3) is 2.44. The van der Waals surface area contributed by atoms with Gasteiger partial charge in [0.25, 0.3) is 0 Å². The molecule has 1 aromatic rings. The summed E-state index contributed by atoms with van der Waals surface area (Å²) in [5.41, 5.74) is 0. The number of nitrogens with zero attached hydrogens (tertiary/aromatic N) is 2. The largest absolute Gasteiger partial charge is 0.444 e. The van der Waals surface area contributed by atoms with E-state index in [1.165, 1.54) is 19.4 Å². The zero-order valence-corrected chi connectivity index (χ0v) is 10.4. The molecular weight excluding hydrogens is 202 g/mol. The second-order valence-electron chi connectivity index (χ2n) is 4.65. The first kappa shape index (κ1) is 11.6. The van der Waals surface area contributed by atoms with E-state index in [1.54, 1.807) is 0 Å². The van der Waals surface area contributed by atoms with Crippen LogP contribution in [0.5, 0.6) is 0 Å². The second kappa shape index (κ2) is 4.97. The minimum Gasteiger partial charge on any atom is -0.444 e. The Balaban J connectivity index is 1.97. The quantitative estimate of drug-likeness (QED) is 0.841. The van der Waals surface area contributed by atoms with Gasteiger partial charge in [0.1, 0.15) is 5.76 Å². The van der Waals surface area contributed by atoms with Crippen LogP contribution in [0.2, 0.25) is 0 Å². The van der Waals surface area contributed by atoms with Crippen LogP contribution >= 0.6 is 0 Å². The van der Waals surface area contributed by atoms with Gasteiger partial charge in [-0.3, -0.25) is 0 Å². The van der Waals surface area contributed by atoms with Crippen LogP contribution in [0.25, 0.3) is 0 Å². The van der Waals surface area contributed by atoms with E-state index in [0.29, 0.717) is 6.04 Å². The Hall–Kier alpha value is -0.870. The van der Waals surface area contributed by atoms with Crippen LogP contribution in [-0.2, 0) is 6.42 Å². The van der Waals surface area contributed by atoms with Gasteiger partial charge in [0.05, 0.1) is 12.2 Å². The molecule has 2 heterocycles. The molecule has 1 N–H and O–H groups in total. The van der Waals surface area contributed by atoms with Crippen molar-refractivity contribution in [3.8, 4) is 0 Å². The first-order chi connectivity index (χ1) is 7.70. The maximum absolute atomic E-state index is 5.75. The third-order valence-corrected chi connectivity index (χ3v) is 3.51. The average molecular weight is 223 g/mol. The molecule has 1 aliphatic rings. The molecule has 0 saturated carbocycles.